The molecule has 0 fully saturated rings. The number of aromatic nitrogens is 4. The monoisotopic (exact) mass is 463 g/mol. The second-order valence-electron chi connectivity index (χ2n) is 8.19. The summed E-state index contributed by atoms with van der Waals surface area (Å²) >= 11 is 0. The van der Waals surface area contributed by atoms with Gasteiger partial charge < -0.3 is 14.6 Å². The smallest absolute Gasteiger partial charge is 0.387 e. The molecule has 0 saturated carbocycles. The first-order valence-electron chi connectivity index (χ1n) is 10.5. The fraction of sp³-hybridized carbons (Fsp3) is 0.208. The van der Waals surface area contributed by atoms with Crippen molar-refractivity contribution in [2.45, 2.75) is 25.1 Å². The van der Waals surface area contributed by atoms with Crippen LogP contribution >= 0.6 is 0 Å². The van der Waals surface area contributed by atoms with Crippen LogP contribution < -0.4 is 10.1 Å². The summed E-state index contributed by atoms with van der Waals surface area (Å²) in [6.07, 6.45) is 3.71. The molecule has 34 heavy (non-hydrogen) atoms. The SMILES string of the molecule is Cn1cc(C#Cc2cc3c(cc2F)nc2n3[C@@H]3CC2NC(=O)c2cccc(OC(F)F)c23)cn1. The number of hydrogen-bond donors (Lipinski definition) is 1. The molecule has 1 unspecified atom stereocenters. The molecule has 2 aliphatic heterocycles. The summed E-state index contributed by atoms with van der Waals surface area (Å²) in [7, 11) is 1.76. The van der Waals surface area contributed by atoms with Crippen molar-refractivity contribution >= 4 is 16.9 Å². The lowest BCUT2D eigenvalue weighted by molar-refractivity contribution is -0.0507. The number of fused-ring (bicyclic) bond motifs is 9. The van der Waals surface area contributed by atoms with Gasteiger partial charge in [-0.25, -0.2) is 9.37 Å². The van der Waals surface area contributed by atoms with Crippen LogP contribution in [0.5, 0.6) is 5.75 Å². The van der Waals surface area contributed by atoms with Crippen LogP contribution in [0, 0.1) is 17.7 Å². The largest absolute Gasteiger partial charge is 0.434 e. The van der Waals surface area contributed by atoms with E-state index in [2.05, 4.69) is 27.2 Å². The van der Waals surface area contributed by atoms with Crippen LogP contribution in [0.3, 0.4) is 0 Å². The summed E-state index contributed by atoms with van der Waals surface area (Å²) < 4.78 is 49.3. The highest BCUT2D eigenvalue weighted by molar-refractivity contribution is 5.98. The Labute approximate surface area is 191 Å². The van der Waals surface area contributed by atoms with Crippen molar-refractivity contribution in [2.75, 3.05) is 0 Å². The normalized spacial score (nSPS) is 18.2. The van der Waals surface area contributed by atoms with Gasteiger partial charge >= 0.3 is 6.61 Å². The van der Waals surface area contributed by atoms with Crippen LogP contribution in [0.4, 0.5) is 13.2 Å². The molecule has 2 aromatic heterocycles. The van der Waals surface area contributed by atoms with E-state index < -0.39 is 30.4 Å². The molecule has 2 aliphatic rings. The van der Waals surface area contributed by atoms with Crippen LogP contribution in [-0.4, -0.2) is 31.9 Å². The van der Waals surface area contributed by atoms with Gasteiger partial charge in [-0.15, -0.1) is 0 Å². The highest BCUT2D eigenvalue weighted by Crippen LogP contribution is 2.47. The molecule has 0 saturated heterocycles. The number of benzene rings is 2. The number of nitrogens with one attached hydrogen (secondary N) is 1. The minimum Gasteiger partial charge on any atom is -0.434 e. The lowest BCUT2D eigenvalue weighted by atomic mass is 9.97. The number of carbonyl (C=O) groups excluding carboxylic acids is 1. The van der Waals surface area contributed by atoms with Crippen LogP contribution in [0.1, 0.15) is 51.4 Å². The van der Waals surface area contributed by atoms with Crippen molar-refractivity contribution < 1.29 is 22.7 Å². The fourth-order valence-electron chi connectivity index (χ4n) is 4.75. The Bertz CT molecular complexity index is 1550. The van der Waals surface area contributed by atoms with Crippen molar-refractivity contribution in [3.63, 3.8) is 0 Å². The van der Waals surface area contributed by atoms with E-state index in [0.29, 0.717) is 34.4 Å². The van der Waals surface area contributed by atoms with Crippen LogP contribution in [0.2, 0.25) is 0 Å². The van der Waals surface area contributed by atoms with E-state index in [9.17, 15) is 18.0 Å². The van der Waals surface area contributed by atoms with E-state index in [1.54, 1.807) is 36.3 Å². The Hall–Kier alpha value is -4.26. The highest BCUT2D eigenvalue weighted by atomic mass is 19.3. The molecule has 1 N–H and O–H groups in total. The lowest BCUT2D eigenvalue weighted by Crippen LogP contribution is -2.28. The third-order valence-electron chi connectivity index (χ3n) is 6.10. The van der Waals surface area contributed by atoms with E-state index in [1.807, 2.05) is 4.57 Å². The van der Waals surface area contributed by atoms with Crippen LogP contribution in [0.15, 0.2) is 42.7 Å². The van der Waals surface area contributed by atoms with Crippen LogP contribution in [0.25, 0.3) is 11.0 Å². The number of ether oxygens (including phenoxy) is 1. The minimum atomic E-state index is -3.04. The zero-order chi connectivity index (χ0) is 23.6. The highest BCUT2D eigenvalue weighted by Gasteiger charge is 2.42. The molecule has 4 heterocycles. The molecule has 2 atom stereocenters. The van der Waals surface area contributed by atoms with Gasteiger partial charge in [0.2, 0.25) is 0 Å². The van der Waals surface area contributed by atoms with Crippen LogP contribution in [-0.2, 0) is 7.05 Å². The number of amides is 1. The minimum absolute atomic E-state index is 0.0679. The molecule has 0 radical (unpaired) electrons. The number of halogens is 3. The molecule has 2 bridgehead atoms. The van der Waals surface area contributed by atoms with Gasteiger partial charge in [-0.1, -0.05) is 17.9 Å². The lowest BCUT2D eigenvalue weighted by Gasteiger charge is -2.21. The molecule has 2 aromatic carbocycles. The maximum atomic E-state index is 14.8. The van der Waals surface area contributed by atoms with E-state index in [0.717, 1.165) is 0 Å². The number of hydrogen-bond acceptors (Lipinski definition) is 4. The number of alkyl halides is 2. The number of aryl methyl sites for hydroxylation is 1. The van der Waals surface area contributed by atoms with Gasteiger partial charge in [-0.3, -0.25) is 9.48 Å². The average Bonchev–Trinajstić information content (AvgIpc) is 3.43. The van der Waals surface area contributed by atoms with Crippen molar-refractivity contribution in [3.8, 4) is 17.6 Å². The van der Waals surface area contributed by atoms with Crippen molar-refractivity contribution in [3.05, 3.63) is 76.6 Å². The second kappa shape index (κ2) is 7.38. The topological polar surface area (TPSA) is 74.0 Å². The summed E-state index contributed by atoms with van der Waals surface area (Å²) in [6, 6.07) is 6.43. The standard InChI is InChI=1S/C24H16F3N5O2/c1-31-11-12(10-28-31)5-6-13-7-18-16(8-15(13)25)29-22-17-9-19(32(18)22)21-14(23(33)30-17)3-2-4-20(21)34-24(26)27/h2-4,7-8,10-11,17,19,24H,9H2,1H3,(H,30,33)/t17?,19-/m1/s1. The van der Waals surface area contributed by atoms with E-state index in [-0.39, 0.29) is 16.9 Å². The fourth-order valence-corrected chi connectivity index (χ4v) is 4.75. The summed E-state index contributed by atoms with van der Waals surface area (Å²) in [5.74, 6) is 5.27. The molecule has 170 valence electrons. The molecule has 6 rings (SSSR count). The first-order valence-corrected chi connectivity index (χ1v) is 10.5. The van der Waals surface area contributed by atoms with Gasteiger partial charge in [-0.05, 0) is 24.6 Å². The Balaban J connectivity index is 1.53. The number of carbonyl (C=O) groups is 1. The van der Waals surface area contributed by atoms with Gasteiger partial charge in [0, 0.05) is 30.4 Å². The molecular formula is C24H16F3N5O2. The summed E-state index contributed by atoms with van der Waals surface area (Å²) in [6.45, 7) is -3.04. The first kappa shape index (κ1) is 20.4. The Morgan fingerprint density at radius 1 is 1.26 bits per heavy atom. The quantitative estimate of drug-likeness (QED) is 0.461. The van der Waals surface area contributed by atoms with Gasteiger partial charge in [0.15, 0.2) is 0 Å². The summed E-state index contributed by atoms with van der Waals surface area (Å²) in [5, 5.41) is 6.95. The third-order valence-corrected chi connectivity index (χ3v) is 6.10. The van der Waals surface area contributed by atoms with Crippen molar-refractivity contribution in [1.82, 2.24) is 24.6 Å². The molecule has 7 nitrogen and oxygen atoms in total. The summed E-state index contributed by atoms with van der Waals surface area (Å²) in [4.78, 5) is 17.4. The number of rotatable bonds is 2. The molecule has 0 aliphatic carbocycles. The average molecular weight is 463 g/mol. The molecule has 1 amide bonds. The van der Waals surface area contributed by atoms with Gasteiger partial charge in [0.05, 0.1) is 40.4 Å². The maximum Gasteiger partial charge on any atom is 0.387 e. The zero-order valence-electron chi connectivity index (χ0n) is 17.7. The van der Waals surface area contributed by atoms with Crippen molar-refractivity contribution in [1.29, 1.82) is 0 Å². The number of nitrogens with zero attached hydrogens (tertiary/aromatic N) is 4. The second-order valence-corrected chi connectivity index (χ2v) is 8.19. The summed E-state index contributed by atoms with van der Waals surface area (Å²) in [5.41, 5.74) is 2.40. The van der Waals surface area contributed by atoms with E-state index in [4.69, 9.17) is 4.74 Å². The predicted molar refractivity (Wildman–Crippen MR) is 115 cm³/mol. The molecule has 4 aromatic rings. The number of imidazole rings is 1. The zero-order valence-corrected chi connectivity index (χ0v) is 17.7. The first-order chi connectivity index (χ1) is 16.4. The molecule has 0 spiro atoms. The van der Waals surface area contributed by atoms with Gasteiger partial charge in [0.1, 0.15) is 17.4 Å². The van der Waals surface area contributed by atoms with Crippen molar-refractivity contribution in [2.24, 2.45) is 7.05 Å². The Kier molecular flexibility index (Phi) is 4.42. The van der Waals surface area contributed by atoms with E-state index in [1.165, 1.54) is 18.2 Å². The Morgan fingerprint density at radius 3 is 2.88 bits per heavy atom. The van der Waals surface area contributed by atoms with Gasteiger partial charge in [-0.2, -0.15) is 13.9 Å². The Morgan fingerprint density at radius 2 is 2.12 bits per heavy atom. The molecular weight excluding hydrogens is 447 g/mol. The van der Waals surface area contributed by atoms with E-state index >= 15 is 0 Å². The maximum absolute atomic E-state index is 14.8. The predicted octanol–water partition coefficient (Wildman–Crippen LogP) is 3.69. The third kappa shape index (κ3) is 3.12. The molecule has 10 heteroatoms. The van der Waals surface area contributed by atoms with Gasteiger partial charge in [0.25, 0.3) is 5.91 Å².